The van der Waals surface area contributed by atoms with Gasteiger partial charge >= 0.3 is 0 Å². The molecule has 0 aliphatic heterocycles. The second kappa shape index (κ2) is 6.56. The number of aromatic nitrogens is 2. The maximum atomic E-state index is 13.6. The van der Waals surface area contributed by atoms with E-state index in [1.54, 1.807) is 13.1 Å². The van der Waals surface area contributed by atoms with Crippen LogP contribution in [0.1, 0.15) is 6.92 Å². The molecular weight excluding hydrogens is 339 g/mol. The highest BCUT2D eigenvalue weighted by atomic mass is 32.2. The van der Waals surface area contributed by atoms with Gasteiger partial charge in [0.2, 0.25) is 5.91 Å². The molecule has 3 aromatic rings. The van der Waals surface area contributed by atoms with Gasteiger partial charge in [-0.25, -0.2) is 18.2 Å². The minimum absolute atomic E-state index is 0.403. The second-order valence-corrected chi connectivity index (χ2v) is 6.32. The zero-order valence-corrected chi connectivity index (χ0v) is 13.3. The van der Waals surface area contributed by atoms with Gasteiger partial charge in [-0.3, -0.25) is 9.20 Å². The number of fused-ring (bicyclic) bond motifs is 1. The topological polar surface area (TPSA) is 46.4 Å². The van der Waals surface area contributed by atoms with E-state index in [1.807, 2.05) is 28.8 Å². The van der Waals surface area contributed by atoms with E-state index in [9.17, 15) is 18.0 Å². The van der Waals surface area contributed by atoms with Crippen LogP contribution in [-0.2, 0) is 4.79 Å². The molecule has 0 aliphatic carbocycles. The molecular formula is C16H12F3N3OS. The van der Waals surface area contributed by atoms with E-state index in [1.165, 1.54) is 11.8 Å². The number of nitrogens with one attached hydrogen (secondary N) is 1. The van der Waals surface area contributed by atoms with Crippen LogP contribution in [0.4, 0.5) is 18.9 Å². The van der Waals surface area contributed by atoms with Crippen molar-refractivity contribution in [1.82, 2.24) is 9.38 Å². The van der Waals surface area contributed by atoms with E-state index in [0.717, 1.165) is 17.6 Å². The summed E-state index contributed by atoms with van der Waals surface area (Å²) in [5, 5.41) is 2.23. The molecule has 124 valence electrons. The van der Waals surface area contributed by atoms with Gasteiger partial charge in [0.15, 0.2) is 22.6 Å². The van der Waals surface area contributed by atoms with E-state index in [4.69, 9.17) is 0 Å². The fraction of sp³-hybridized carbons (Fsp3) is 0.125. The fourth-order valence-corrected chi connectivity index (χ4v) is 2.95. The molecule has 0 saturated carbocycles. The molecule has 0 saturated heterocycles. The molecule has 0 aliphatic rings. The largest absolute Gasteiger partial charge is 0.323 e. The minimum Gasteiger partial charge on any atom is -0.323 e. The number of halogens is 3. The van der Waals surface area contributed by atoms with Crippen LogP contribution in [0.15, 0.2) is 47.9 Å². The van der Waals surface area contributed by atoms with E-state index >= 15 is 0 Å². The molecule has 8 heteroatoms. The third kappa shape index (κ3) is 3.09. The Morgan fingerprint density at radius 3 is 2.79 bits per heavy atom. The molecule has 2 aromatic heterocycles. The lowest BCUT2D eigenvalue weighted by Gasteiger charge is -2.12. The number of thioether (sulfide) groups is 1. The van der Waals surface area contributed by atoms with Crippen molar-refractivity contribution in [2.75, 3.05) is 5.32 Å². The smallest absolute Gasteiger partial charge is 0.237 e. The van der Waals surface area contributed by atoms with Gasteiger partial charge in [-0.1, -0.05) is 17.8 Å². The molecule has 0 unspecified atom stereocenters. The van der Waals surface area contributed by atoms with Crippen molar-refractivity contribution in [1.29, 1.82) is 0 Å². The van der Waals surface area contributed by atoms with Crippen molar-refractivity contribution in [2.24, 2.45) is 0 Å². The predicted molar refractivity (Wildman–Crippen MR) is 85.5 cm³/mol. The number of carbonyl (C=O) groups is 1. The molecule has 1 N–H and O–H groups in total. The monoisotopic (exact) mass is 351 g/mol. The van der Waals surface area contributed by atoms with Gasteiger partial charge < -0.3 is 5.32 Å². The molecule has 1 aromatic carbocycles. The highest BCUT2D eigenvalue weighted by Crippen LogP contribution is 2.25. The Morgan fingerprint density at radius 1 is 1.21 bits per heavy atom. The molecule has 0 fully saturated rings. The molecule has 24 heavy (non-hydrogen) atoms. The Bertz CT molecular complexity index is 913. The van der Waals surface area contributed by atoms with Crippen molar-refractivity contribution in [3.8, 4) is 0 Å². The lowest BCUT2D eigenvalue weighted by molar-refractivity contribution is -0.115. The standard InChI is InChI=1S/C16H12F3N3OS/c1-9(24-16-20-8-10-4-2-3-7-22(10)16)15(23)21-12-6-5-11(17)13(18)14(12)19/h2-9H,1H3,(H,21,23)/t9-/m0/s1. The number of pyridine rings is 1. The van der Waals surface area contributed by atoms with Crippen molar-refractivity contribution < 1.29 is 18.0 Å². The van der Waals surface area contributed by atoms with Gasteiger partial charge in [0.25, 0.3) is 0 Å². The van der Waals surface area contributed by atoms with Crippen LogP contribution in [0.2, 0.25) is 0 Å². The van der Waals surface area contributed by atoms with Gasteiger partial charge in [-0.2, -0.15) is 0 Å². The molecule has 1 amide bonds. The second-order valence-electron chi connectivity index (χ2n) is 5.01. The molecule has 1 atom stereocenters. The summed E-state index contributed by atoms with van der Waals surface area (Å²) in [6.45, 7) is 1.61. The summed E-state index contributed by atoms with van der Waals surface area (Å²) in [7, 11) is 0. The van der Waals surface area contributed by atoms with Crippen LogP contribution in [0, 0.1) is 17.5 Å². The maximum Gasteiger partial charge on any atom is 0.237 e. The SMILES string of the molecule is C[C@H](Sc1ncc2ccccn12)C(=O)Nc1ccc(F)c(F)c1F. The first kappa shape index (κ1) is 16.4. The van der Waals surface area contributed by atoms with E-state index < -0.39 is 34.3 Å². The number of hydrogen-bond donors (Lipinski definition) is 1. The fourth-order valence-electron chi connectivity index (χ4n) is 2.07. The van der Waals surface area contributed by atoms with Crippen LogP contribution < -0.4 is 5.32 Å². The van der Waals surface area contributed by atoms with Crippen molar-refractivity contribution in [3.63, 3.8) is 0 Å². The van der Waals surface area contributed by atoms with Crippen molar-refractivity contribution in [2.45, 2.75) is 17.3 Å². The third-order valence-corrected chi connectivity index (χ3v) is 4.43. The third-order valence-electron chi connectivity index (χ3n) is 3.35. The van der Waals surface area contributed by atoms with Gasteiger partial charge in [-0.05, 0) is 31.2 Å². The number of carbonyl (C=O) groups excluding carboxylic acids is 1. The Morgan fingerprint density at radius 2 is 2.00 bits per heavy atom. The first-order valence-corrected chi connectivity index (χ1v) is 7.88. The summed E-state index contributed by atoms with van der Waals surface area (Å²) in [6, 6.07) is 7.31. The van der Waals surface area contributed by atoms with Crippen LogP contribution in [-0.4, -0.2) is 20.5 Å². The van der Waals surface area contributed by atoms with E-state index in [-0.39, 0.29) is 0 Å². The van der Waals surface area contributed by atoms with Crippen molar-refractivity contribution in [3.05, 3.63) is 60.2 Å². The summed E-state index contributed by atoms with van der Waals surface area (Å²) in [4.78, 5) is 16.4. The number of rotatable bonds is 4. The Hall–Kier alpha value is -2.48. The average molecular weight is 351 g/mol. The molecule has 0 bridgehead atoms. The van der Waals surface area contributed by atoms with Crippen LogP contribution in [0.25, 0.3) is 5.52 Å². The lowest BCUT2D eigenvalue weighted by Crippen LogP contribution is -2.23. The molecule has 2 heterocycles. The summed E-state index contributed by atoms with van der Waals surface area (Å²) < 4.78 is 41.5. The van der Waals surface area contributed by atoms with Gasteiger partial charge in [0.05, 0.1) is 22.7 Å². The zero-order chi connectivity index (χ0) is 17.3. The van der Waals surface area contributed by atoms with Crippen molar-refractivity contribution >= 4 is 28.9 Å². The predicted octanol–water partition coefficient (Wildman–Crippen LogP) is 3.87. The number of nitrogens with zero attached hydrogens (tertiary/aromatic N) is 2. The maximum absolute atomic E-state index is 13.6. The lowest BCUT2D eigenvalue weighted by atomic mass is 10.2. The van der Waals surface area contributed by atoms with Crippen LogP contribution in [0.5, 0.6) is 0 Å². The Balaban J connectivity index is 1.75. The highest BCUT2D eigenvalue weighted by Gasteiger charge is 2.20. The number of anilines is 1. The summed E-state index contributed by atoms with van der Waals surface area (Å²) in [5.74, 6) is -4.89. The highest BCUT2D eigenvalue weighted by molar-refractivity contribution is 8.00. The number of imidazole rings is 1. The molecule has 0 spiro atoms. The quantitative estimate of drug-likeness (QED) is 0.573. The average Bonchev–Trinajstić information content (AvgIpc) is 2.98. The minimum atomic E-state index is -1.62. The molecule has 0 radical (unpaired) electrons. The van der Waals surface area contributed by atoms with E-state index in [2.05, 4.69) is 10.3 Å². The first-order valence-electron chi connectivity index (χ1n) is 7.00. The zero-order valence-electron chi connectivity index (χ0n) is 12.5. The molecule has 3 rings (SSSR count). The first-order chi connectivity index (χ1) is 11.5. The Kier molecular flexibility index (Phi) is 4.48. The number of hydrogen-bond acceptors (Lipinski definition) is 3. The van der Waals surface area contributed by atoms with Crippen LogP contribution in [0.3, 0.4) is 0 Å². The summed E-state index contributed by atoms with van der Waals surface area (Å²) >= 11 is 1.17. The van der Waals surface area contributed by atoms with Crippen LogP contribution >= 0.6 is 11.8 Å². The van der Waals surface area contributed by atoms with Gasteiger partial charge in [-0.15, -0.1) is 0 Å². The molecule has 4 nitrogen and oxygen atoms in total. The van der Waals surface area contributed by atoms with E-state index in [0.29, 0.717) is 5.16 Å². The van der Waals surface area contributed by atoms with Gasteiger partial charge in [0.1, 0.15) is 0 Å². The Labute approximate surface area is 139 Å². The summed E-state index contributed by atoms with van der Waals surface area (Å²) in [5.41, 5.74) is 0.471. The number of benzene rings is 1. The number of amides is 1. The van der Waals surface area contributed by atoms with Gasteiger partial charge in [0, 0.05) is 6.20 Å². The summed E-state index contributed by atoms with van der Waals surface area (Å²) in [6.07, 6.45) is 3.48. The normalized spacial score (nSPS) is 12.3.